The fourth-order valence-electron chi connectivity index (χ4n) is 2.60. The van der Waals surface area contributed by atoms with E-state index in [0.29, 0.717) is 11.7 Å². The van der Waals surface area contributed by atoms with Crippen LogP contribution in [0, 0.1) is 0 Å². The zero-order valence-corrected chi connectivity index (χ0v) is 12.8. The molecule has 0 aliphatic rings. The third-order valence-corrected chi connectivity index (χ3v) is 3.88. The summed E-state index contributed by atoms with van der Waals surface area (Å²) in [6.07, 6.45) is 0.922. The van der Waals surface area contributed by atoms with Gasteiger partial charge in [-0.15, -0.1) is 0 Å². The summed E-state index contributed by atoms with van der Waals surface area (Å²) >= 11 is 0. The maximum atomic E-state index is 9.49. The van der Waals surface area contributed by atoms with E-state index in [1.54, 1.807) is 6.07 Å². The molecule has 0 fully saturated rings. The van der Waals surface area contributed by atoms with Gasteiger partial charge < -0.3 is 10.8 Å². The average molecular weight is 284 g/mol. The number of rotatable bonds is 6. The second-order valence-corrected chi connectivity index (χ2v) is 5.50. The van der Waals surface area contributed by atoms with E-state index >= 15 is 0 Å². The monoisotopic (exact) mass is 284 g/mol. The lowest BCUT2D eigenvalue weighted by molar-refractivity contribution is 0.209. The molecule has 0 aliphatic carbocycles. The molecule has 0 radical (unpaired) electrons. The molecular formula is C18H24N2O. The Balaban J connectivity index is 2.02. The van der Waals surface area contributed by atoms with E-state index < -0.39 is 0 Å². The Morgan fingerprint density at radius 3 is 2.43 bits per heavy atom. The number of nitrogens with two attached hydrogens (primary N) is 1. The van der Waals surface area contributed by atoms with Crippen molar-refractivity contribution >= 4 is 5.69 Å². The maximum absolute atomic E-state index is 9.49. The van der Waals surface area contributed by atoms with Crippen LogP contribution in [0.4, 0.5) is 5.69 Å². The highest BCUT2D eigenvalue weighted by Crippen LogP contribution is 2.22. The number of hydrogen-bond acceptors (Lipinski definition) is 3. The lowest BCUT2D eigenvalue weighted by Crippen LogP contribution is -2.34. The summed E-state index contributed by atoms with van der Waals surface area (Å²) < 4.78 is 0. The van der Waals surface area contributed by atoms with Crippen molar-refractivity contribution in [2.24, 2.45) is 0 Å². The fourth-order valence-corrected chi connectivity index (χ4v) is 2.60. The molecule has 0 bridgehead atoms. The van der Waals surface area contributed by atoms with Gasteiger partial charge >= 0.3 is 0 Å². The van der Waals surface area contributed by atoms with Crippen LogP contribution in [0.1, 0.15) is 25.0 Å². The molecule has 2 aromatic rings. The van der Waals surface area contributed by atoms with Crippen LogP contribution in [0.3, 0.4) is 0 Å². The molecule has 1 atom stereocenters. The van der Waals surface area contributed by atoms with E-state index in [2.05, 4.69) is 43.0 Å². The van der Waals surface area contributed by atoms with Crippen LogP contribution in [0.15, 0.2) is 48.5 Å². The second kappa shape index (κ2) is 7.14. The number of phenolic OH excluding ortho intramolecular Hbond substituents is 1. The third kappa shape index (κ3) is 4.23. The Bertz CT molecular complexity index is 569. The number of benzene rings is 2. The van der Waals surface area contributed by atoms with Crippen LogP contribution >= 0.6 is 0 Å². The van der Waals surface area contributed by atoms with Gasteiger partial charge in [0.1, 0.15) is 5.75 Å². The molecule has 2 rings (SSSR count). The largest absolute Gasteiger partial charge is 0.506 e. The molecule has 21 heavy (non-hydrogen) atoms. The van der Waals surface area contributed by atoms with Gasteiger partial charge in [-0.3, -0.25) is 4.90 Å². The van der Waals surface area contributed by atoms with E-state index in [1.807, 2.05) is 18.2 Å². The molecule has 0 aliphatic heterocycles. The molecule has 2 aromatic carbocycles. The van der Waals surface area contributed by atoms with Gasteiger partial charge in [0.05, 0.1) is 5.69 Å². The van der Waals surface area contributed by atoms with E-state index in [9.17, 15) is 5.11 Å². The smallest absolute Gasteiger partial charge is 0.138 e. The van der Waals surface area contributed by atoms with Gasteiger partial charge in [0, 0.05) is 12.6 Å². The molecule has 112 valence electrons. The second-order valence-electron chi connectivity index (χ2n) is 5.50. The predicted molar refractivity (Wildman–Crippen MR) is 88.2 cm³/mol. The zero-order valence-electron chi connectivity index (χ0n) is 12.8. The first-order valence-electron chi connectivity index (χ1n) is 7.45. The highest BCUT2D eigenvalue weighted by molar-refractivity contribution is 5.53. The molecule has 3 heteroatoms. The van der Waals surface area contributed by atoms with Gasteiger partial charge in [0.15, 0.2) is 0 Å². The first kappa shape index (κ1) is 15.4. The molecule has 0 saturated carbocycles. The normalized spacial score (nSPS) is 12.5. The summed E-state index contributed by atoms with van der Waals surface area (Å²) in [6, 6.07) is 16.4. The zero-order chi connectivity index (χ0) is 15.2. The van der Waals surface area contributed by atoms with Gasteiger partial charge in [-0.25, -0.2) is 0 Å². The Labute approximate surface area is 127 Å². The van der Waals surface area contributed by atoms with Crippen molar-refractivity contribution in [2.45, 2.75) is 32.9 Å². The van der Waals surface area contributed by atoms with Crippen LogP contribution < -0.4 is 5.73 Å². The number of nitrogens with zero attached hydrogens (tertiary/aromatic N) is 1. The Kier molecular flexibility index (Phi) is 5.23. The highest BCUT2D eigenvalue weighted by atomic mass is 16.3. The first-order valence-corrected chi connectivity index (χ1v) is 7.45. The molecule has 0 heterocycles. The number of hydrogen-bond donors (Lipinski definition) is 2. The van der Waals surface area contributed by atoms with E-state index in [1.165, 1.54) is 5.56 Å². The van der Waals surface area contributed by atoms with Gasteiger partial charge in [-0.1, -0.05) is 43.3 Å². The van der Waals surface area contributed by atoms with Gasteiger partial charge in [0.2, 0.25) is 0 Å². The molecule has 0 spiro atoms. The predicted octanol–water partition coefficient (Wildman–Crippen LogP) is 3.43. The average Bonchev–Trinajstić information content (AvgIpc) is 2.49. The van der Waals surface area contributed by atoms with Crippen molar-refractivity contribution < 1.29 is 5.11 Å². The highest BCUT2D eigenvalue weighted by Gasteiger charge is 2.13. The number of phenols is 1. The van der Waals surface area contributed by atoms with Crippen LogP contribution in [-0.4, -0.2) is 22.6 Å². The minimum Gasteiger partial charge on any atom is -0.506 e. The lowest BCUT2D eigenvalue weighted by Gasteiger charge is -2.28. The topological polar surface area (TPSA) is 49.5 Å². The van der Waals surface area contributed by atoms with E-state index in [4.69, 9.17) is 5.73 Å². The van der Waals surface area contributed by atoms with Crippen molar-refractivity contribution in [1.29, 1.82) is 0 Å². The minimum absolute atomic E-state index is 0.156. The minimum atomic E-state index is 0.156. The van der Waals surface area contributed by atoms with E-state index in [-0.39, 0.29) is 5.75 Å². The summed E-state index contributed by atoms with van der Waals surface area (Å²) in [5, 5.41) is 9.49. The molecular weight excluding hydrogens is 260 g/mol. The molecule has 0 aromatic heterocycles. The van der Waals surface area contributed by atoms with Crippen molar-refractivity contribution in [3.63, 3.8) is 0 Å². The van der Waals surface area contributed by atoms with Crippen molar-refractivity contribution in [3.8, 4) is 5.75 Å². The van der Waals surface area contributed by atoms with Gasteiger partial charge in [-0.2, -0.15) is 0 Å². The standard InChI is InChI=1S/C18H24N2O/c1-3-20(13-15-7-5-4-6-8-15)14(2)11-16-9-10-18(21)17(19)12-16/h4-10,12,14,21H,3,11,13,19H2,1-2H3. The summed E-state index contributed by atoms with van der Waals surface area (Å²) in [4.78, 5) is 2.44. The number of aromatic hydroxyl groups is 1. The summed E-state index contributed by atoms with van der Waals surface area (Å²) in [6.45, 7) is 6.37. The van der Waals surface area contributed by atoms with Crippen LogP contribution in [0.25, 0.3) is 0 Å². The Morgan fingerprint density at radius 1 is 1.10 bits per heavy atom. The molecule has 0 saturated heterocycles. The SMILES string of the molecule is CCN(Cc1ccccc1)C(C)Cc1ccc(O)c(N)c1. The van der Waals surface area contributed by atoms with E-state index in [0.717, 1.165) is 25.1 Å². The third-order valence-electron chi connectivity index (χ3n) is 3.88. The maximum Gasteiger partial charge on any atom is 0.138 e. The number of likely N-dealkylation sites (N-methyl/N-ethyl adjacent to an activating group) is 1. The van der Waals surface area contributed by atoms with Crippen LogP contribution in [0.5, 0.6) is 5.75 Å². The summed E-state index contributed by atoms with van der Waals surface area (Å²) in [7, 11) is 0. The summed E-state index contributed by atoms with van der Waals surface area (Å²) in [5.41, 5.74) is 8.70. The number of anilines is 1. The molecule has 3 N–H and O–H groups in total. The molecule has 3 nitrogen and oxygen atoms in total. The van der Waals surface area contributed by atoms with Crippen molar-refractivity contribution in [1.82, 2.24) is 4.90 Å². The van der Waals surface area contributed by atoms with Crippen LogP contribution in [0.2, 0.25) is 0 Å². The van der Waals surface area contributed by atoms with Crippen molar-refractivity contribution in [2.75, 3.05) is 12.3 Å². The quantitative estimate of drug-likeness (QED) is 0.631. The molecule has 1 unspecified atom stereocenters. The van der Waals surface area contributed by atoms with Gasteiger partial charge in [-0.05, 0) is 43.1 Å². The Morgan fingerprint density at radius 2 is 1.81 bits per heavy atom. The van der Waals surface area contributed by atoms with Crippen LogP contribution in [-0.2, 0) is 13.0 Å². The molecule has 0 amide bonds. The van der Waals surface area contributed by atoms with Crippen molar-refractivity contribution in [3.05, 3.63) is 59.7 Å². The summed E-state index contributed by atoms with van der Waals surface area (Å²) in [5.74, 6) is 0.156. The number of nitrogen functional groups attached to an aromatic ring is 1. The fraction of sp³-hybridized carbons (Fsp3) is 0.333. The Hall–Kier alpha value is -2.00. The first-order chi connectivity index (χ1) is 10.1. The van der Waals surface area contributed by atoms with Gasteiger partial charge in [0.25, 0.3) is 0 Å². The lowest BCUT2D eigenvalue weighted by atomic mass is 10.0.